The third-order valence-electron chi connectivity index (χ3n) is 5.58. The second-order valence-corrected chi connectivity index (χ2v) is 8.63. The molecule has 178 valence electrons. The Hall–Kier alpha value is -3.05. The molecule has 0 aliphatic rings. The van der Waals surface area contributed by atoms with Crippen molar-refractivity contribution in [3.63, 3.8) is 0 Å². The summed E-state index contributed by atoms with van der Waals surface area (Å²) in [5, 5.41) is 13.1. The van der Waals surface area contributed by atoms with Crippen LogP contribution in [0.4, 0.5) is 17.6 Å². The SMILES string of the molecule is C#CC[C@](O)(CC(C)(C)c1ccc(F)cc1C(=O)NC(C)c1ccc(OC)cc1)C(F)(F)F. The van der Waals surface area contributed by atoms with Gasteiger partial charge in [-0.05, 0) is 54.2 Å². The highest BCUT2D eigenvalue weighted by Gasteiger charge is 2.55. The lowest BCUT2D eigenvalue weighted by molar-refractivity contribution is -0.264. The lowest BCUT2D eigenvalue weighted by Gasteiger charge is -2.37. The van der Waals surface area contributed by atoms with Crippen LogP contribution in [-0.2, 0) is 5.41 Å². The number of benzene rings is 2. The van der Waals surface area contributed by atoms with Crippen molar-refractivity contribution in [3.05, 3.63) is 65.0 Å². The number of rotatable bonds is 8. The Balaban J connectivity index is 2.38. The zero-order valence-corrected chi connectivity index (χ0v) is 18.9. The topological polar surface area (TPSA) is 58.6 Å². The van der Waals surface area contributed by atoms with Gasteiger partial charge in [-0.1, -0.05) is 32.0 Å². The first-order chi connectivity index (χ1) is 15.2. The van der Waals surface area contributed by atoms with Crippen LogP contribution in [0.1, 0.15) is 61.1 Å². The fourth-order valence-corrected chi connectivity index (χ4v) is 3.80. The molecule has 2 rings (SSSR count). The van der Waals surface area contributed by atoms with Gasteiger partial charge in [0.25, 0.3) is 5.91 Å². The fourth-order valence-electron chi connectivity index (χ4n) is 3.80. The fraction of sp³-hybridized carbons (Fsp3) is 0.400. The number of carbonyl (C=O) groups excluding carboxylic acids is 1. The number of ether oxygens (including phenoxy) is 1. The summed E-state index contributed by atoms with van der Waals surface area (Å²) < 4.78 is 59.9. The van der Waals surface area contributed by atoms with Crippen LogP contribution in [0.2, 0.25) is 0 Å². The van der Waals surface area contributed by atoms with E-state index in [2.05, 4.69) is 5.32 Å². The lowest BCUT2D eigenvalue weighted by atomic mass is 9.72. The predicted molar refractivity (Wildman–Crippen MR) is 117 cm³/mol. The first-order valence-electron chi connectivity index (χ1n) is 10.2. The van der Waals surface area contributed by atoms with Crippen LogP contribution in [-0.4, -0.2) is 29.9 Å². The normalized spacial score (nSPS) is 14.7. The molecule has 2 N–H and O–H groups in total. The van der Waals surface area contributed by atoms with Gasteiger partial charge in [0.05, 0.1) is 13.2 Å². The third kappa shape index (κ3) is 6.05. The molecule has 4 nitrogen and oxygen atoms in total. The molecule has 0 spiro atoms. The number of terminal acetylenes is 1. The van der Waals surface area contributed by atoms with Gasteiger partial charge in [-0.2, -0.15) is 13.2 Å². The van der Waals surface area contributed by atoms with Crippen molar-refractivity contribution in [2.24, 2.45) is 0 Å². The molecule has 2 aromatic rings. The summed E-state index contributed by atoms with van der Waals surface area (Å²) in [6, 6.07) is 9.77. The van der Waals surface area contributed by atoms with Crippen molar-refractivity contribution in [2.45, 2.75) is 56.8 Å². The first-order valence-corrected chi connectivity index (χ1v) is 10.2. The van der Waals surface area contributed by atoms with E-state index in [1.54, 1.807) is 31.2 Å². The largest absolute Gasteiger partial charge is 0.497 e. The molecule has 33 heavy (non-hydrogen) atoms. The minimum absolute atomic E-state index is 0.120. The monoisotopic (exact) mass is 465 g/mol. The molecule has 8 heteroatoms. The maximum Gasteiger partial charge on any atom is 0.418 e. The average Bonchev–Trinajstić information content (AvgIpc) is 2.72. The molecule has 2 aromatic carbocycles. The highest BCUT2D eigenvalue weighted by molar-refractivity contribution is 5.96. The Kier molecular flexibility index (Phi) is 7.81. The van der Waals surface area contributed by atoms with Crippen molar-refractivity contribution in [1.29, 1.82) is 0 Å². The number of aliphatic hydroxyl groups is 1. The number of halogens is 4. The average molecular weight is 465 g/mol. The lowest BCUT2D eigenvalue weighted by Crippen LogP contribution is -2.49. The predicted octanol–water partition coefficient (Wildman–Crippen LogP) is 5.31. The number of methoxy groups -OCH3 is 1. The molecule has 0 aliphatic heterocycles. The van der Waals surface area contributed by atoms with Gasteiger partial charge in [0.2, 0.25) is 0 Å². The van der Waals surface area contributed by atoms with Gasteiger partial charge in [0, 0.05) is 12.0 Å². The summed E-state index contributed by atoms with van der Waals surface area (Å²) >= 11 is 0. The molecular weight excluding hydrogens is 438 g/mol. The second kappa shape index (κ2) is 9.84. The molecule has 0 heterocycles. The smallest absolute Gasteiger partial charge is 0.418 e. The summed E-state index contributed by atoms with van der Waals surface area (Å²) in [6.45, 7) is 4.60. The Bertz CT molecular complexity index is 1030. The zero-order chi connectivity index (χ0) is 25.0. The van der Waals surface area contributed by atoms with Gasteiger partial charge in [-0.15, -0.1) is 12.3 Å². The van der Waals surface area contributed by atoms with E-state index in [4.69, 9.17) is 11.2 Å². The van der Waals surface area contributed by atoms with E-state index in [1.165, 1.54) is 27.0 Å². The van der Waals surface area contributed by atoms with E-state index in [0.29, 0.717) is 5.75 Å². The van der Waals surface area contributed by atoms with E-state index in [1.807, 2.05) is 5.92 Å². The summed E-state index contributed by atoms with van der Waals surface area (Å²) in [5.41, 5.74) is -3.75. The van der Waals surface area contributed by atoms with Crippen LogP contribution >= 0.6 is 0 Å². The van der Waals surface area contributed by atoms with Crippen LogP contribution in [0.5, 0.6) is 5.75 Å². The van der Waals surface area contributed by atoms with Crippen molar-refractivity contribution < 1.29 is 32.2 Å². The van der Waals surface area contributed by atoms with Crippen LogP contribution in [0.3, 0.4) is 0 Å². The summed E-state index contributed by atoms with van der Waals surface area (Å²) in [7, 11) is 1.52. The third-order valence-corrected chi connectivity index (χ3v) is 5.58. The maximum absolute atomic E-state index is 14.0. The molecule has 0 aromatic heterocycles. The quantitative estimate of drug-likeness (QED) is 0.410. The molecule has 1 unspecified atom stereocenters. The Labute approximate surface area is 191 Å². The Morgan fingerprint density at radius 3 is 2.30 bits per heavy atom. The van der Waals surface area contributed by atoms with Gasteiger partial charge in [0.15, 0.2) is 5.60 Å². The first kappa shape index (κ1) is 26.2. The van der Waals surface area contributed by atoms with Crippen LogP contribution in [0, 0.1) is 18.2 Å². The molecule has 1 amide bonds. The zero-order valence-electron chi connectivity index (χ0n) is 18.9. The molecule has 0 bridgehead atoms. The van der Waals surface area contributed by atoms with E-state index >= 15 is 0 Å². The minimum atomic E-state index is -4.98. The number of alkyl halides is 3. The number of carbonyl (C=O) groups is 1. The van der Waals surface area contributed by atoms with Crippen LogP contribution in [0.15, 0.2) is 42.5 Å². The van der Waals surface area contributed by atoms with Gasteiger partial charge in [-0.3, -0.25) is 4.79 Å². The molecule has 0 radical (unpaired) electrons. The second-order valence-electron chi connectivity index (χ2n) is 8.63. The summed E-state index contributed by atoms with van der Waals surface area (Å²) in [4.78, 5) is 13.0. The highest BCUT2D eigenvalue weighted by atomic mass is 19.4. The molecular formula is C25H27F4NO3. The van der Waals surface area contributed by atoms with Crippen molar-refractivity contribution >= 4 is 5.91 Å². The van der Waals surface area contributed by atoms with Gasteiger partial charge in [0.1, 0.15) is 11.6 Å². The van der Waals surface area contributed by atoms with Crippen LogP contribution in [0.25, 0.3) is 0 Å². The van der Waals surface area contributed by atoms with Crippen molar-refractivity contribution in [2.75, 3.05) is 7.11 Å². The molecule has 0 saturated heterocycles. The maximum atomic E-state index is 14.0. The van der Waals surface area contributed by atoms with Gasteiger partial charge >= 0.3 is 6.18 Å². The van der Waals surface area contributed by atoms with E-state index in [9.17, 15) is 27.5 Å². The van der Waals surface area contributed by atoms with Crippen LogP contribution < -0.4 is 10.1 Å². The molecule has 0 aliphatic carbocycles. The van der Waals surface area contributed by atoms with E-state index in [-0.39, 0.29) is 11.1 Å². The van der Waals surface area contributed by atoms with Gasteiger partial charge in [-0.25, -0.2) is 4.39 Å². The number of nitrogens with one attached hydrogen (secondary N) is 1. The molecule has 2 atom stereocenters. The molecule has 0 saturated carbocycles. The minimum Gasteiger partial charge on any atom is -0.497 e. The Morgan fingerprint density at radius 2 is 1.79 bits per heavy atom. The van der Waals surface area contributed by atoms with Crippen molar-refractivity contribution in [1.82, 2.24) is 5.32 Å². The number of hydrogen-bond donors (Lipinski definition) is 2. The Morgan fingerprint density at radius 1 is 1.18 bits per heavy atom. The van der Waals surface area contributed by atoms with E-state index in [0.717, 1.165) is 17.7 Å². The van der Waals surface area contributed by atoms with E-state index < -0.39 is 47.8 Å². The van der Waals surface area contributed by atoms with Gasteiger partial charge < -0.3 is 15.2 Å². The number of hydrogen-bond acceptors (Lipinski definition) is 3. The highest BCUT2D eigenvalue weighted by Crippen LogP contribution is 2.43. The van der Waals surface area contributed by atoms with Crippen molar-refractivity contribution in [3.8, 4) is 18.1 Å². The standard InChI is InChI=1S/C25H27F4NO3/c1-6-13-24(32,25(27,28)29)15-23(3,4)21-12-9-18(26)14-20(21)22(31)30-16(2)17-7-10-19(33-5)11-8-17/h1,7-12,14,16,32H,13,15H2,2-5H3,(H,30,31)/t16?,24-/m0/s1. The molecule has 0 fully saturated rings. The number of amides is 1. The summed E-state index contributed by atoms with van der Waals surface area (Å²) in [5.74, 6) is 1.13. The summed E-state index contributed by atoms with van der Waals surface area (Å²) in [6.07, 6.45) is -1.68.